The Morgan fingerprint density at radius 2 is 1.81 bits per heavy atom. The number of benzene rings is 1. The van der Waals surface area contributed by atoms with Crippen LogP contribution in [0.1, 0.15) is 16.1 Å². The molecule has 0 spiro atoms. The summed E-state index contributed by atoms with van der Waals surface area (Å²) >= 11 is 7.49. The van der Waals surface area contributed by atoms with Gasteiger partial charge >= 0.3 is 0 Å². The zero-order valence-electron chi connectivity index (χ0n) is 16.5. The Kier molecular flexibility index (Phi) is 5.25. The van der Waals surface area contributed by atoms with Crippen molar-refractivity contribution in [3.8, 4) is 11.3 Å². The molecule has 4 heterocycles. The molecule has 158 valence electrons. The second-order valence-electron chi connectivity index (χ2n) is 7.37. The highest BCUT2D eigenvalue weighted by molar-refractivity contribution is 7.15. The third-order valence-corrected chi connectivity index (χ3v) is 6.58. The van der Waals surface area contributed by atoms with Gasteiger partial charge in [-0.15, -0.1) is 11.3 Å². The van der Waals surface area contributed by atoms with E-state index in [1.807, 2.05) is 45.1 Å². The van der Waals surface area contributed by atoms with Gasteiger partial charge in [0.15, 0.2) is 4.96 Å². The van der Waals surface area contributed by atoms with Gasteiger partial charge in [-0.25, -0.2) is 4.98 Å². The summed E-state index contributed by atoms with van der Waals surface area (Å²) < 4.78 is 6.97. The van der Waals surface area contributed by atoms with Crippen LogP contribution in [0.2, 0.25) is 5.02 Å². The first kappa shape index (κ1) is 19.8. The number of nitrogens with zero attached hydrogens (tertiary/aromatic N) is 4. The molecule has 1 aliphatic rings. The first-order chi connectivity index (χ1) is 15.1. The molecule has 0 aliphatic carbocycles. The van der Waals surface area contributed by atoms with E-state index in [2.05, 4.69) is 4.98 Å². The molecule has 0 bridgehead atoms. The average Bonchev–Trinajstić information content (AvgIpc) is 3.53. The lowest BCUT2D eigenvalue weighted by Crippen LogP contribution is -2.51. The first-order valence-electron chi connectivity index (χ1n) is 9.89. The lowest BCUT2D eigenvalue weighted by Gasteiger charge is -2.34. The van der Waals surface area contributed by atoms with Crippen LogP contribution in [0.5, 0.6) is 0 Å². The topological polar surface area (TPSA) is 71.1 Å². The molecule has 0 unspecified atom stereocenters. The van der Waals surface area contributed by atoms with E-state index in [1.54, 1.807) is 11.0 Å². The van der Waals surface area contributed by atoms with E-state index in [9.17, 15) is 9.59 Å². The highest BCUT2D eigenvalue weighted by Crippen LogP contribution is 2.25. The summed E-state index contributed by atoms with van der Waals surface area (Å²) in [5.41, 5.74) is 3.28. The van der Waals surface area contributed by atoms with Gasteiger partial charge in [0, 0.05) is 54.0 Å². The van der Waals surface area contributed by atoms with E-state index in [1.165, 1.54) is 23.9 Å². The molecule has 31 heavy (non-hydrogen) atoms. The average molecular weight is 455 g/mol. The fourth-order valence-electron chi connectivity index (χ4n) is 3.71. The van der Waals surface area contributed by atoms with Crippen molar-refractivity contribution in [1.29, 1.82) is 0 Å². The maximum Gasteiger partial charge on any atom is 0.257 e. The van der Waals surface area contributed by atoms with Gasteiger partial charge in [0.1, 0.15) is 6.26 Å². The van der Waals surface area contributed by atoms with Gasteiger partial charge in [0.25, 0.3) is 5.91 Å². The minimum absolute atomic E-state index is 0.0526. The maximum absolute atomic E-state index is 12.9. The van der Waals surface area contributed by atoms with Crippen molar-refractivity contribution in [3.05, 3.63) is 70.7 Å². The van der Waals surface area contributed by atoms with Crippen LogP contribution >= 0.6 is 22.9 Å². The van der Waals surface area contributed by atoms with Crippen LogP contribution in [0, 0.1) is 0 Å². The fourth-order valence-corrected chi connectivity index (χ4v) is 4.71. The lowest BCUT2D eigenvalue weighted by molar-refractivity contribution is -0.132. The van der Waals surface area contributed by atoms with Crippen LogP contribution in [0.3, 0.4) is 0 Å². The number of aromatic nitrogens is 2. The predicted octanol–water partition coefficient (Wildman–Crippen LogP) is 3.84. The van der Waals surface area contributed by atoms with Gasteiger partial charge in [-0.3, -0.25) is 14.0 Å². The molecule has 9 heteroatoms. The number of amides is 2. The molecule has 0 saturated carbocycles. The zero-order chi connectivity index (χ0) is 21.4. The van der Waals surface area contributed by atoms with Crippen LogP contribution in [0.15, 0.2) is 58.9 Å². The number of hydrogen-bond acceptors (Lipinski definition) is 5. The van der Waals surface area contributed by atoms with Crippen molar-refractivity contribution < 1.29 is 14.0 Å². The fraction of sp³-hybridized carbons (Fsp3) is 0.227. The van der Waals surface area contributed by atoms with E-state index in [-0.39, 0.29) is 11.8 Å². The molecule has 3 aromatic heterocycles. The van der Waals surface area contributed by atoms with Crippen molar-refractivity contribution in [3.63, 3.8) is 0 Å². The number of piperazine rings is 1. The van der Waals surface area contributed by atoms with Gasteiger partial charge in [0.05, 0.1) is 23.9 Å². The molecule has 7 nitrogen and oxygen atoms in total. The quantitative estimate of drug-likeness (QED) is 0.469. The van der Waals surface area contributed by atoms with Crippen LogP contribution < -0.4 is 0 Å². The Bertz CT molecular complexity index is 1220. The Balaban J connectivity index is 1.24. The molecule has 5 rings (SSSR count). The summed E-state index contributed by atoms with van der Waals surface area (Å²) in [5.74, 6) is -0.00890. The number of hydrogen-bond donors (Lipinski definition) is 0. The number of halogens is 1. The van der Waals surface area contributed by atoms with Crippen molar-refractivity contribution in [2.45, 2.75) is 6.42 Å². The molecule has 1 aliphatic heterocycles. The van der Waals surface area contributed by atoms with Gasteiger partial charge in [-0.1, -0.05) is 23.7 Å². The number of furan rings is 1. The van der Waals surface area contributed by atoms with Gasteiger partial charge in [-0.05, 0) is 18.2 Å². The van der Waals surface area contributed by atoms with Gasteiger partial charge in [0.2, 0.25) is 5.91 Å². The highest BCUT2D eigenvalue weighted by atomic mass is 35.5. The maximum atomic E-state index is 12.9. The SMILES string of the molecule is O=C(Cc1csc2nc(-c3ccc(Cl)cc3)cn12)N1CCN(C(=O)c2ccoc2)CC1. The Labute approximate surface area is 187 Å². The number of carbonyl (C=O) groups excluding carboxylic acids is 2. The summed E-state index contributed by atoms with van der Waals surface area (Å²) in [7, 11) is 0. The third-order valence-electron chi connectivity index (χ3n) is 5.44. The number of imidazole rings is 1. The van der Waals surface area contributed by atoms with Crippen LogP contribution in [0.4, 0.5) is 0 Å². The van der Waals surface area contributed by atoms with E-state index in [0.717, 1.165) is 21.9 Å². The minimum atomic E-state index is -0.0615. The zero-order valence-corrected chi connectivity index (χ0v) is 18.1. The number of rotatable bonds is 4. The Morgan fingerprint density at radius 3 is 2.52 bits per heavy atom. The summed E-state index contributed by atoms with van der Waals surface area (Å²) in [6.45, 7) is 2.08. The molecule has 0 radical (unpaired) electrons. The Hall–Kier alpha value is -3.10. The van der Waals surface area contributed by atoms with E-state index < -0.39 is 0 Å². The predicted molar refractivity (Wildman–Crippen MR) is 118 cm³/mol. The van der Waals surface area contributed by atoms with Gasteiger partial charge in [-0.2, -0.15) is 0 Å². The first-order valence-corrected chi connectivity index (χ1v) is 11.1. The van der Waals surface area contributed by atoms with Gasteiger partial charge < -0.3 is 14.2 Å². The third kappa shape index (κ3) is 3.96. The van der Waals surface area contributed by atoms with Crippen LogP contribution in [0.25, 0.3) is 16.2 Å². The minimum Gasteiger partial charge on any atom is -0.472 e. The normalized spacial score (nSPS) is 14.4. The smallest absolute Gasteiger partial charge is 0.257 e. The summed E-state index contributed by atoms with van der Waals surface area (Å²) in [6.07, 6.45) is 5.19. The molecule has 0 atom stereocenters. The molecule has 2 amide bonds. The summed E-state index contributed by atoms with van der Waals surface area (Å²) in [4.78, 5) is 34.4. The number of carbonyl (C=O) groups is 2. The van der Waals surface area contributed by atoms with Crippen LogP contribution in [-0.2, 0) is 11.2 Å². The molecule has 1 saturated heterocycles. The summed E-state index contributed by atoms with van der Waals surface area (Å²) in [5, 5.41) is 2.66. The number of thiazole rings is 1. The second kappa shape index (κ2) is 8.20. The molecule has 0 N–H and O–H groups in total. The molecular weight excluding hydrogens is 436 g/mol. The second-order valence-corrected chi connectivity index (χ2v) is 8.65. The standard InChI is InChI=1S/C22H19ClN4O3S/c23-17-3-1-15(2-4-17)19-12-27-18(14-31-22(27)24-19)11-20(28)25-6-8-26(9-7-25)21(29)16-5-10-30-13-16/h1-5,10,12-14H,6-9,11H2. The van der Waals surface area contributed by atoms with Crippen LogP contribution in [-0.4, -0.2) is 57.2 Å². The molecule has 1 fully saturated rings. The highest BCUT2D eigenvalue weighted by Gasteiger charge is 2.26. The van der Waals surface area contributed by atoms with Crippen molar-refractivity contribution in [1.82, 2.24) is 19.2 Å². The Morgan fingerprint density at radius 1 is 1.06 bits per heavy atom. The molecule has 4 aromatic rings. The van der Waals surface area contributed by atoms with Crippen molar-refractivity contribution >= 4 is 39.7 Å². The van der Waals surface area contributed by atoms with E-state index in [0.29, 0.717) is 43.2 Å². The van der Waals surface area contributed by atoms with Crippen molar-refractivity contribution in [2.24, 2.45) is 0 Å². The molecule has 1 aromatic carbocycles. The monoisotopic (exact) mass is 454 g/mol. The largest absolute Gasteiger partial charge is 0.472 e. The molecular formula is C22H19ClN4O3S. The van der Waals surface area contributed by atoms with Crippen molar-refractivity contribution in [2.75, 3.05) is 26.2 Å². The van der Waals surface area contributed by atoms with E-state index >= 15 is 0 Å². The number of fused-ring (bicyclic) bond motifs is 1. The van der Waals surface area contributed by atoms with E-state index in [4.69, 9.17) is 16.0 Å². The lowest BCUT2D eigenvalue weighted by atomic mass is 10.2. The summed E-state index contributed by atoms with van der Waals surface area (Å²) in [6, 6.07) is 9.20.